The Labute approximate surface area is 235 Å². The number of halogens is 2. The van der Waals surface area contributed by atoms with Gasteiger partial charge in [-0.05, 0) is 75.0 Å². The lowest BCUT2D eigenvalue weighted by Crippen LogP contribution is -2.40. The Morgan fingerprint density at radius 1 is 0.897 bits per heavy atom. The number of allylic oxidation sites excluding steroid dienone is 1. The molecule has 39 heavy (non-hydrogen) atoms. The predicted molar refractivity (Wildman–Crippen MR) is 153 cm³/mol. The number of carbonyl (C=O) groups excluding carboxylic acids is 1. The van der Waals surface area contributed by atoms with Crippen LogP contribution in [-0.4, -0.2) is 12.6 Å². The van der Waals surface area contributed by atoms with Crippen LogP contribution >= 0.6 is 0 Å². The largest absolute Gasteiger partial charge is 0.483 e. The van der Waals surface area contributed by atoms with Crippen LogP contribution in [0.1, 0.15) is 117 Å². The van der Waals surface area contributed by atoms with E-state index in [-0.39, 0.29) is 24.2 Å². The lowest BCUT2D eigenvalue weighted by atomic mass is 9.59. The number of ether oxygens (including phenoxy) is 2. The average molecular weight is 545 g/mol. The zero-order valence-electron chi connectivity index (χ0n) is 24.3. The maximum absolute atomic E-state index is 14.5. The normalized spacial score (nSPS) is 29.2. The summed E-state index contributed by atoms with van der Waals surface area (Å²) in [5.41, 5.74) is 0. The molecule has 0 radical (unpaired) electrons. The lowest BCUT2D eigenvalue weighted by molar-refractivity contribution is -0.144. The van der Waals surface area contributed by atoms with Crippen LogP contribution in [0.4, 0.5) is 8.78 Å². The molecule has 5 heteroatoms. The second-order valence-corrected chi connectivity index (χ2v) is 12.5. The molecule has 0 aliphatic heterocycles. The molecular weight excluding hydrogens is 494 g/mol. The predicted octanol–water partition coefficient (Wildman–Crippen LogP) is 9.82. The zero-order chi connectivity index (χ0) is 27.6. The number of rotatable bonds is 12. The van der Waals surface area contributed by atoms with Gasteiger partial charge in [-0.25, -0.2) is 8.78 Å². The lowest BCUT2D eigenvalue weighted by Gasteiger charge is -2.46. The van der Waals surface area contributed by atoms with E-state index < -0.39 is 17.4 Å². The summed E-state index contributed by atoms with van der Waals surface area (Å²) in [6.45, 7) is 4.17. The molecule has 3 nitrogen and oxygen atoms in total. The summed E-state index contributed by atoms with van der Waals surface area (Å²) in [6, 6.07) is 2.12. The van der Waals surface area contributed by atoms with E-state index in [9.17, 15) is 13.6 Å². The highest BCUT2D eigenvalue weighted by Crippen LogP contribution is 2.50. The Kier molecular flexibility index (Phi) is 11.7. The van der Waals surface area contributed by atoms with Gasteiger partial charge in [0.1, 0.15) is 12.4 Å². The van der Waals surface area contributed by atoms with E-state index in [0.717, 1.165) is 49.1 Å². The molecule has 0 spiro atoms. The molecule has 0 saturated heterocycles. The van der Waals surface area contributed by atoms with E-state index in [4.69, 9.17) is 9.47 Å². The van der Waals surface area contributed by atoms with E-state index in [1.807, 2.05) is 6.92 Å². The summed E-state index contributed by atoms with van der Waals surface area (Å²) in [6.07, 6.45) is 23.9. The summed E-state index contributed by atoms with van der Waals surface area (Å²) in [7, 11) is 0. The van der Waals surface area contributed by atoms with Crippen LogP contribution in [0.15, 0.2) is 24.3 Å². The van der Waals surface area contributed by atoms with Crippen molar-refractivity contribution >= 4 is 5.97 Å². The monoisotopic (exact) mass is 544 g/mol. The van der Waals surface area contributed by atoms with Crippen LogP contribution in [0.5, 0.6) is 11.5 Å². The topological polar surface area (TPSA) is 35.5 Å². The molecule has 4 rings (SSSR count). The van der Waals surface area contributed by atoms with E-state index in [0.29, 0.717) is 11.8 Å². The fourth-order valence-electron chi connectivity index (χ4n) is 7.86. The van der Waals surface area contributed by atoms with Crippen LogP contribution in [0.2, 0.25) is 0 Å². The molecule has 0 aromatic heterocycles. The molecule has 218 valence electrons. The summed E-state index contributed by atoms with van der Waals surface area (Å²) in [4.78, 5) is 13.2. The Balaban J connectivity index is 1.26. The number of esters is 1. The highest BCUT2D eigenvalue weighted by atomic mass is 19.1. The fraction of sp³-hybridized carbons (Fsp3) is 0.735. The molecule has 4 unspecified atom stereocenters. The molecule has 4 atom stereocenters. The van der Waals surface area contributed by atoms with Gasteiger partial charge in [-0.2, -0.15) is 0 Å². The van der Waals surface area contributed by atoms with Crippen molar-refractivity contribution in [1.29, 1.82) is 0 Å². The number of fused-ring (bicyclic) bond motifs is 1. The van der Waals surface area contributed by atoms with Gasteiger partial charge in [-0.15, -0.1) is 0 Å². The minimum atomic E-state index is -0.851. The first kappa shape index (κ1) is 30.1. The first-order chi connectivity index (χ1) is 19.0. The van der Waals surface area contributed by atoms with E-state index in [2.05, 4.69) is 6.92 Å². The first-order valence-corrected chi connectivity index (χ1v) is 15.9. The molecule has 3 aliphatic rings. The molecule has 0 N–H and O–H groups in total. The third-order valence-corrected chi connectivity index (χ3v) is 10.0. The van der Waals surface area contributed by atoms with Crippen LogP contribution in [0.3, 0.4) is 0 Å². The molecular formula is C34H50F2O3. The molecule has 3 saturated carbocycles. The van der Waals surface area contributed by atoms with Crippen molar-refractivity contribution in [3.05, 3.63) is 35.9 Å². The molecule has 0 bridgehead atoms. The molecule has 0 heterocycles. The van der Waals surface area contributed by atoms with Crippen molar-refractivity contribution in [2.45, 2.75) is 117 Å². The quantitative estimate of drug-likeness (QED) is 0.114. The Morgan fingerprint density at radius 2 is 1.62 bits per heavy atom. The van der Waals surface area contributed by atoms with Crippen molar-refractivity contribution in [2.75, 3.05) is 6.61 Å². The van der Waals surface area contributed by atoms with Gasteiger partial charge in [0.25, 0.3) is 0 Å². The van der Waals surface area contributed by atoms with Crippen molar-refractivity contribution < 1.29 is 23.0 Å². The van der Waals surface area contributed by atoms with Crippen LogP contribution in [0, 0.1) is 47.1 Å². The average Bonchev–Trinajstić information content (AvgIpc) is 2.94. The smallest absolute Gasteiger partial charge is 0.314 e. The summed E-state index contributed by atoms with van der Waals surface area (Å²) in [5, 5.41) is 0. The molecule has 3 fully saturated rings. The molecule has 1 aromatic rings. The molecule has 1 aromatic carbocycles. The zero-order valence-corrected chi connectivity index (χ0v) is 24.3. The van der Waals surface area contributed by atoms with Crippen LogP contribution in [0.25, 0.3) is 0 Å². The maximum Gasteiger partial charge on any atom is 0.314 e. The van der Waals surface area contributed by atoms with Crippen molar-refractivity contribution in [2.24, 2.45) is 35.5 Å². The van der Waals surface area contributed by atoms with Gasteiger partial charge >= 0.3 is 5.97 Å². The minimum absolute atomic E-state index is 0.0775. The highest BCUT2D eigenvalue weighted by molar-refractivity contribution is 5.75. The Hall–Kier alpha value is -1.91. The Morgan fingerprint density at radius 3 is 2.33 bits per heavy atom. The number of unbranched alkanes of at least 4 members (excludes halogenated alkanes) is 4. The van der Waals surface area contributed by atoms with E-state index >= 15 is 0 Å². The van der Waals surface area contributed by atoms with Crippen molar-refractivity contribution in [3.8, 4) is 11.5 Å². The van der Waals surface area contributed by atoms with Crippen LogP contribution in [-0.2, 0) is 4.79 Å². The Bertz CT molecular complexity index is 913. The van der Waals surface area contributed by atoms with Gasteiger partial charge in [-0.1, -0.05) is 83.3 Å². The standard InChI is InChI=1S/C34H50F2O3/c1-3-5-7-8-9-11-24-14-16-25(17-15-24)26-18-19-29-27(21-26)12-10-13-30(29)34(37)39-28-22-31(35)33(32(36)23-28)38-20-6-4-2/h4,6,22-27,29-30H,3,5,7-21H2,1-2H3/b6-4+. The maximum atomic E-state index is 14.5. The van der Waals surface area contributed by atoms with Gasteiger partial charge in [-0.3, -0.25) is 4.79 Å². The third-order valence-electron chi connectivity index (χ3n) is 10.0. The molecule has 3 aliphatic carbocycles. The number of hydrogen-bond acceptors (Lipinski definition) is 3. The first-order valence-electron chi connectivity index (χ1n) is 15.9. The number of carbonyl (C=O) groups is 1. The second kappa shape index (κ2) is 15.2. The summed E-state index contributed by atoms with van der Waals surface area (Å²) >= 11 is 0. The van der Waals surface area contributed by atoms with Gasteiger partial charge < -0.3 is 9.47 Å². The van der Waals surface area contributed by atoms with Crippen LogP contribution < -0.4 is 9.47 Å². The van der Waals surface area contributed by atoms with Gasteiger partial charge in [0.05, 0.1) is 5.92 Å². The SMILES string of the molecule is C/C=C/COc1c(F)cc(OC(=O)C2CCCC3CC(C4CCC(CCCCCCC)CC4)CCC32)cc1F. The summed E-state index contributed by atoms with van der Waals surface area (Å²) < 4.78 is 39.7. The summed E-state index contributed by atoms with van der Waals surface area (Å²) in [5.74, 6) is 0.772. The van der Waals surface area contributed by atoms with Gasteiger partial charge in [0.2, 0.25) is 0 Å². The van der Waals surface area contributed by atoms with E-state index in [1.165, 1.54) is 83.5 Å². The third kappa shape index (κ3) is 8.30. The van der Waals surface area contributed by atoms with Gasteiger partial charge in [0.15, 0.2) is 17.4 Å². The minimum Gasteiger partial charge on any atom is -0.483 e. The number of hydrogen-bond donors (Lipinski definition) is 0. The molecule has 0 amide bonds. The van der Waals surface area contributed by atoms with Crippen molar-refractivity contribution in [1.82, 2.24) is 0 Å². The number of benzene rings is 1. The van der Waals surface area contributed by atoms with Gasteiger partial charge in [0, 0.05) is 12.1 Å². The fourth-order valence-corrected chi connectivity index (χ4v) is 7.86. The van der Waals surface area contributed by atoms with Crippen molar-refractivity contribution in [3.63, 3.8) is 0 Å². The second-order valence-electron chi connectivity index (χ2n) is 12.5. The highest BCUT2D eigenvalue weighted by Gasteiger charge is 2.43. The van der Waals surface area contributed by atoms with E-state index in [1.54, 1.807) is 12.2 Å².